The zero-order valence-electron chi connectivity index (χ0n) is 14.5. The monoisotopic (exact) mass is 389 g/mol. The highest BCUT2D eigenvalue weighted by Gasteiger charge is 2.44. The van der Waals surface area contributed by atoms with E-state index >= 15 is 0 Å². The van der Waals surface area contributed by atoms with Gasteiger partial charge >= 0.3 is 0 Å². The lowest BCUT2D eigenvalue weighted by atomic mass is 10.1. The van der Waals surface area contributed by atoms with Crippen LogP contribution in [0, 0.1) is 0 Å². The summed E-state index contributed by atoms with van der Waals surface area (Å²) in [5.74, 6) is -0.141. The highest BCUT2D eigenvalue weighted by atomic mass is 16.6. The van der Waals surface area contributed by atoms with E-state index in [-0.39, 0.29) is 17.2 Å². The van der Waals surface area contributed by atoms with Gasteiger partial charge in [0, 0.05) is 5.56 Å². The maximum absolute atomic E-state index is 12.4. The lowest BCUT2D eigenvalue weighted by Crippen LogP contribution is -2.33. The van der Waals surface area contributed by atoms with Crippen LogP contribution in [0.25, 0.3) is 11.2 Å². The number of hydrogen-bond acceptors (Lipinski definition) is 8. The standard InChI is InChI=1S/C17H17N5O5.H2O/c23-6-10-12(24)13(25)17(27-10)22-8-20-11-14(18-7-19-15(11)22)21-16(26)9-4-2-1-3-5-9;/h1-5,7-8,10,12-13,17,23-25H,6H2,(H,18,19,21,26);1H2/t10-,12-,13-,17-;/m1./s1. The largest absolute Gasteiger partial charge is 0.412 e. The van der Waals surface area contributed by atoms with Crippen LogP contribution in [0.15, 0.2) is 43.0 Å². The molecule has 0 saturated carbocycles. The minimum atomic E-state index is -1.27. The van der Waals surface area contributed by atoms with Crippen molar-refractivity contribution in [3.63, 3.8) is 0 Å². The van der Waals surface area contributed by atoms with Gasteiger partial charge in [-0.05, 0) is 12.1 Å². The minimum absolute atomic E-state index is 0. The first-order valence-corrected chi connectivity index (χ1v) is 8.26. The Morgan fingerprint density at radius 1 is 1.14 bits per heavy atom. The van der Waals surface area contributed by atoms with E-state index in [4.69, 9.17) is 4.74 Å². The van der Waals surface area contributed by atoms with Crippen molar-refractivity contribution >= 4 is 22.9 Å². The van der Waals surface area contributed by atoms with Gasteiger partial charge in [0.2, 0.25) is 0 Å². The Hall–Kier alpha value is -2.96. The van der Waals surface area contributed by atoms with E-state index in [0.717, 1.165) is 0 Å². The molecule has 0 spiro atoms. The van der Waals surface area contributed by atoms with Gasteiger partial charge < -0.3 is 30.8 Å². The summed E-state index contributed by atoms with van der Waals surface area (Å²) in [6, 6.07) is 8.65. The van der Waals surface area contributed by atoms with Gasteiger partial charge in [-0.1, -0.05) is 18.2 Å². The topological polar surface area (TPSA) is 174 Å². The summed E-state index contributed by atoms with van der Waals surface area (Å²) in [4.78, 5) is 24.8. The van der Waals surface area contributed by atoms with Gasteiger partial charge in [-0.25, -0.2) is 15.0 Å². The van der Waals surface area contributed by atoms with Crippen molar-refractivity contribution in [1.82, 2.24) is 19.5 Å². The second-order valence-corrected chi connectivity index (χ2v) is 6.10. The van der Waals surface area contributed by atoms with Crippen LogP contribution in [0.3, 0.4) is 0 Å². The van der Waals surface area contributed by atoms with E-state index in [1.807, 2.05) is 6.07 Å². The Kier molecular flexibility index (Phi) is 5.63. The second kappa shape index (κ2) is 7.96. The molecule has 0 aliphatic carbocycles. The van der Waals surface area contributed by atoms with Gasteiger partial charge in [0.1, 0.15) is 24.6 Å². The van der Waals surface area contributed by atoms with Gasteiger partial charge in [-0.15, -0.1) is 0 Å². The number of ether oxygens (including phenoxy) is 1. The predicted molar refractivity (Wildman–Crippen MR) is 96.3 cm³/mol. The van der Waals surface area contributed by atoms with E-state index in [2.05, 4.69) is 20.3 Å². The van der Waals surface area contributed by atoms with Gasteiger partial charge in [-0.3, -0.25) is 9.36 Å². The number of fused-ring (bicyclic) bond motifs is 1. The third-order valence-electron chi connectivity index (χ3n) is 4.42. The Morgan fingerprint density at radius 2 is 1.89 bits per heavy atom. The Bertz CT molecular complexity index is 965. The van der Waals surface area contributed by atoms with Crippen LogP contribution in [0.5, 0.6) is 0 Å². The smallest absolute Gasteiger partial charge is 0.256 e. The van der Waals surface area contributed by atoms with Crippen molar-refractivity contribution in [1.29, 1.82) is 0 Å². The molecular weight excluding hydrogens is 370 g/mol. The number of carbonyl (C=O) groups excluding carboxylic acids is 1. The normalized spacial score (nSPS) is 24.1. The molecule has 2 aromatic heterocycles. The van der Waals surface area contributed by atoms with Gasteiger partial charge in [-0.2, -0.15) is 0 Å². The molecule has 11 heteroatoms. The number of carbonyl (C=O) groups is 1. The van der Waals surface area contributed by atoms with E-state index < -0.39 is 31.1 Å². The summed E-state index contributed by atoms with van der Waals surface area (Å²) in [6.45, 7) is -0.436. The van der Waals surface area contributed by atoms with Crippen LogP contribution in [0.2, 0.25) is 0 Å². The summed E-state index contributed by atoms with van der Waals surface area (Å²) in [6.07, 6.45) is -1.77. The van der Waals surface area contributed by atoms with Crippen LogP contribution in [0.4, 0.5) is 5.82 Å². The molecule has 1 fully saturated rings. The Morgan fingerprint density at radius 3 is 2.57 bits per heavy atom. The lowest BCUT2D eigenvalue weighted by Gasteiger charge is -2.16. The van der Waals surface area contributed by atoms with Crippen molar-refractivity contribution in [2.75, 3.05) is 11.9 Å². The van der Waals surface area contributed by atoms with Gasteiger partial charge in [0.15, 0.2) is 23.2 Å². The van der Waals surface area contributed by atoms with Crippen LogP contribution in [0.1, 0.15) is 16.6 Å². The molecule has 28 heavy (non-hydrogen) atoms. The Balaban J connectivity index is 0.00000225. The first-order valence-electron chi connectivity index (χ1n) is 8.26. The number of nitrogens with zero attached hydrogens (tertiary/aromatic N) is 4. The van der Waals surface area contributed by atoms with Crippen LogP contribution in [-0.2, 0) is 4.74 Å². The fourth-order valence-electron chi connectivity index (χ4n) is 3.01. The molecule has 6 N–H and O–H groups in total. The lowest BCUT2D eigenvalue weighted by molar-refractivity contribution is -0.0511. The van der Waals surface area contributed by atoms with Crippen molar-refractivity contribution in [2.45, 2.75) is 24.5 Å². The molecule has 0 radical (unpaired) electrons. The molecule has 4 atom stereocenters. The zero-order chi connectivity index (χ0) is 19.0. The molecule has 3 heterocycles. The number of anilines is 1. The maximum atomic E-state index is 12.4. The van der Waals surface area contributed by atoms with E-state index in [0.29, 0.717) is 16.7 Å². The summed E-state index contributed by atoms with van der Waals surface area (Å²) in [5, 5.41) is 32.1. The highest BCUT2D eigenvalue weighted by molar-refractivity contribution is 6.06. The minimum Gasteiger partial charge on any atom is -0.412 e. The molecule has 1 aliphatic rings. The Labute approximate surface area is 158 Å². The molecule has 0 bridgehead atoms. The summed E-state index contributed by atoms with van der Waals surface area (Å²) >= 11 is 0. The fraction of sp³-hybridized carbons (Fsp3) is 0.294. The number of aliphatic hydroxyl groups is 3. The number of hydrogen-bond donors (Lipinski definition) is 4. The third-order valence-corrected chi connectivity index (χ3v) is 4.42. The highest BCUT2D eigenvalue weighted by Crippen LogP contribution is 2.32. The summed E-state index contributed by atoms with van der Waals surface area (Å²) in [7, 11) is 0. The average molecular weight is 389 g/mol. The number of aliphatic hydroxyl groups excluding tert-OH is 3. The number of benzene rings is 1. The molecule has 11 nitrogen and oxygen atoms in total. The molecule has 1 aromatic carbocycles. The fourth-order valence-corrected chi connectivity index (χ4v) is 3.01. The number of amides is 1. The van der Waals surface area contributed by atoms with Crippen molar-refractivity contribution < 1.29 is 30.3 Å². The number of nitrogens with one attached hydrogen (secondary N) is 1. The molecule has 4 rings (SSSR count). The third kappa shape index (κ3) is 3.32. The SMILES string of the molecule is O.O=C(Nc1ncnc2c1ncn2[C@@H]1O[C@H](CO)[C@@H](O)[C@H]1O)c1ccccc1. The maximum Gasteiger partial charge on any atom is 0.256 e. The number of imidazole rings is 1. The number of rotatable bonds is 4. The van der Waals surface area contributed by atoms with E-state index in [1.165, 1.54) is 17.2 Å². The van der Waals surface area contributed by atoms with Crippen LogP contribution >= 0.6 is 0 Å². The second-order valence-electron chi connectivity index (χ2n) is 6.10. The number of aromatic nitrogens is 4. The van der Waals surface area contributed by atoms with Crippen molar-refractivity contribution in [3.05, 3.63) is 48.5 Å². The predicted octanol–water partition coefficient (Wildman–Crippen LogP) is -1.13. The molecular formula is C17H19N5O6. The van der Waals surface area contributed by atoms with Gasteiger partial charge in [0.25, 0.3) is 5.91 Å². The van der Waals surface area contributed by atoms with Crippen molar-refractivity contribution in [2.24, 2.45) is 0 Å². The quantitative estimate of drug-likeness (QED) is 0.433. The van der Waals surface area contributed by atoms with Gasteiger partial charge in [0.05, 0.1) is 12.9 Å². The summed E-state index contributed by atoms with van der Waals surface area (Å²) < 4.78 is 6.93. The molecule has 1 aliphatic heterocycles. The molecule has 0 unspecified atom stereocenters. The average Bonchev–Trinajstić information content (AvgIpc) is 3.25. The van der Waals surface area contributed by atoms with Crippen LogP contribution in [-0.4, -0.2) is 71.1 Å². The van der Waals surface area contributed by atoms with E-state index in [9.17, 15) is 20.1 Å². The molecule has 3 aromatic rings. The molecule has 1 amide bonds. The summed E-state index contributed by atoms with van der Waals surface area (Å²) in [5.41, 5.74) is 1.08. The van der Waals surface area contributed by atoms with E-state index in [1.54, 1.807) is 24.3 Å². The first-order chi connectivity index (χ1) is 13.1. The zero-order valence-corrected chi connectivity index (χ0v) is 14.5. The van der Waals surface area contributed by atoms with Crippen LogP contribution < -0.4 is 5.32 Å². The van der Waals surface area contributed by atoms with Crippen molar-refractivity contribution in [3.8, 4) is 0 Å². The molecule has 1 saturated heterocycles. The first kappa shape index (κ1) is 19.8. The molecule has 148 valence electrons.